The van der Waals surface area contributed by atoms with Crippen LogP contribution in [0.3, 0.4) is 0 Å². The number of benzene rings is 2. The minimum atomic E-state index is 0.0610. The number of hydrogen-bond acceptors (Lipinski definition) is 5. The second-order valence-electron chi connectivity index (χ2n) is 9.64. The average molecular weight is 491 g/mol. The van der Waals surface area contributed by atoms with Crippen LogP contribution in [0.25, 0.3) is 5.69 Å². The van der Waals surface area contributed by atoms with Gasteiger partial charge in [0.05, 0.1) is 19.0 Å². The second kappa shape index (κ2) is 12.9. The summed E-state index contributed by atoms with van der Waals surface area (Å²) >= 11 is 0. The molecule has 0 spiro atoms. The van der Waals surface area contributed by atoms with Crippen molar-refractivity contribution in [3.63, 3.8) is 0 Å². The van der Waals surface area contributed by atoms with E-state index in [-0.39, 0.29) is 12.5 Å². The number of hydrogen-bond donors (Lipinski definition) is 1. The van der Waals surface area contributed by atoms with E-state index in [0.717, 1.165) is 24.1 Å². The average Bonchev–Trinajstić information content (AvgIpc) is 3.32. The molecule has 36 heavy (non-hydrogen) atoms. The van der Waals surface area contributed by atoms with Gasteiger partial charge in [0, 0.05) is 13.0 Å². The van der Waals surface area contributed by atoms with Crippen molar-refractivity contribution in [3.05, 3.63) is 76.6 Å². The standard InChI is InChI=1S/C29H38N4O3/c1-20(2)8-7-9-21(3)14-29(34)30-17-24-11-13-27(28(16-24)35-6)36-19-25-18-33(32-31-25)26-12-10-22(4)23(5)15-26/h8,10-13,15-16,18,21H,7,9,14,17,19H2,1-6H3,(H,30,34)/t21-/m1/s1. The molecule has 7 heteroatoms. The second-order valence-corrected chi connectivity index (χ2v) is 9.64. The molecule has 1 amide bonds. The third-order valence-corrected chi connectivity index (χ3v) is 6.14. The van der Waals surface area contributed by atoms with Gasteiger partial charge >= 0.3 is 0 Å². The van der Waals surface area contributed by atoms with Crippen molar-refractivity contribution in [2.45, 2.75) is 67.0 Å². The molecule has 0 fully saturated rings. The van der Waals surface area contributed by atoms with Crippen LogP contribution in [-0.4, -0.2) is 28.0 Å². The van der Waals surface area contributed by atoms with Crippen LogP contribution >= 0.6 is 0 Å². The van der Waals surface area contributed by atoms with Crippen LogP contribution < -0.4 is 14.8 Å². The van der Waals surface area contributed by atoms with Crippen molar-refractivity contribution in [1.29, 1.82) is 0 Å². The summed E-state index contributed by atoms with van der Waals surface area (Å²) in [5, 5.41) is 11.5. The number of aromatic nitrogens is 3. The molecule has 3 rings (SSSR count). The Hall–Kier alpha value is -3.61. The predicted octanol–water partition coefficient (Wildman–Crippen LogP) is 5.86. The topological polar surface area (TPSA) is 78.3 Å². The molecule has 1 N–H and O–H groups in total. The summed E-state index contributed by atoms with van der Waals surface area (Å²) in [6, 6.07) is 11.9. The van der Waals surface area contributed by atoms with E-state index in [1.807, 2.05) is 30.5 Å². The van der Waals surface area contributed by atoms with Gasteiger partial charge in [-0.15, -0.1) is 5.10 Å². The van der Waals surface area contributed by atoms with E-state index in [1.165, 1.54) is 16.7 Å². The van der Waals surface area contributed by atoms with Gasteiger partial charge in [-0.1, -0.05) is 35.9 Å². The molecule has 1 atom stereocenters. The van der Waals surface area contributed by atoms with E-state index >= 15 is 0 Å². The minimum Gasteiger partial charge on any atom is -0.493 e. The number of amides is 1. The first-order valence-corrected chi connectivity index (χ1v) is 12.4. The molecule has 0 aliphatic heterocycles. The minimum absolute atomic E-state index is 0.0610. The van der Waals surface area contributed by atoms with Crippen molar-refractivity contribution in [2.24, 2.45) is 5.92 Å². The Morgan fingerprint density at radius 1 is 1.11 bits per heavy atom. The zero-order valence-corrected chi connectivity index (χ0v) is 22.3. The number of nitrogens with zero attached hydrogens (tertiary/aromatic N) is 3. The molecule has 0 saturated carbocycles. The Morgan fingerprint density at radius 2 is 1.92 bits per heavy atom. The lowest BCUT2D eigenvalue weighted by Crippen LogP contribution is -2.24. The quantitative estimate of drug-likeness (QED) is 0.322. The summed E-state index contributed by atoms with van der Waals surface area (Å²) in [5.41, 5.74) is 6.38. The van der Waals surface area contributed by atoms with Crippen LogP contribution in [-0.2, 0) is 17.9 Å². The van der Waals surface area contributed by atoms with Crippen molar-refractivity contribution in [2.75, 3.05) is 7.11 Å². The van der Waals surface area contributed by atoms with Gasteiger partial charge in [-0.25, -0.2) is 4.68 Å². The molecule has 0 radical (unpaired) electrons. The van der Waals surface area contributed by atoms with Gasteiger partial charge in [-0.3, -0.25) is 4.79 Å². The Balaban J connectivity index is 1.52. The van der Waals surface area contributed by atoms with Crippen LogP contribution in [0.1, 0.15) is 62.4 Å². The first-order chi connectivity index (χ1) is 17.2. The fourth-order valence-corrected chi connectivity index (χ4v) is 3.80. The van der Waals surface area contributed by atoms with Gasteiger partial charge in [-0.05, 0) is 87.4 Å². The number of methoxy groups -OCH3 is 1. The molecule has 0 aliphatic carbocycles. The normalized spacial score (nSPS) is 11.6. The van der Waals surface area contributed by atoms with E-state index in [4.69, 9.17) is 9.47 Å². The number of nitrogens with one attached hydrogen (secondary N) is 1. The summed E-state index contributed by atoms with van der Waals surface area (Å²) in [6.07, 6.45) is 6.63. The van der Waals surface area contributed by atoms with Crippen LogP contribution in [0.2, 0.25) is 0 Å². The lowest BCUT2D eigenvalue weighted by molar-refractivity contribution is -0.122. The van der Waals surface area contributed by atoms with E-state index in [9.17, 15) is 4.79 Å². The molecule has 0 saturated heterocycles. The molecule has 2 aromatic carbocycles. The molecule has 1 heterocycles. The van der Waals surface area contributed by atoms with Gasteiger partial charge in [0.1, 0.15) is 12.3 Å². The van der Waals surface area contributed by atoms with Crippen molar-refractivity contribution in [3.8, 4) is 17.2 Å². The Bertz CT molecular complexity index is 1190. The summed E-state index contributed by atoms with van der Waals surface area (Å²) < 4.78 is 13.2. The van der Waals surface area contributed by atoms with Crippen LogP contribution in [0.5, 0.6) is 11.5 Å². The van der Waals surface area contributed by atoms with Crippen molar-refractivity contribution in [1.82, 2.24) is 20.3 Å². The molecule has 7 nitrogen and oxygen atoms in total. The van der Waals surface area contributed by atoms with Crippen molar-refractivity contribution >= 4 is 5.91 Å². The van der Waals surface area contributed by atoms with Gasteiger partial charge in [-0.2, -0.15) is 0 Å². The van der Waals surface area contributed by atoms with E-state index < -0.39 is 0 Å². The van der Waals surface area contributed by atoms with E-state index in [1.54, 1.807) is 11.8 Å². The Labute approximate surface area is 214 Å². The maximum Gasteiger partial charge on any atom is 0.220 e. The molecule has 192 valence electrons. The maximum absolute atomic E-state index is 12.3. The van der Waals surface area contributed by atoms with Crippen molar-refractivity contribution < 1.29 is 14.3 Å². The van der Waals surface area contributed by atoms with Crippen LogP contribution in [0, 0.1) is 19.8 Å². The summed E-state index contributed by atoms with van der Waals surface area (Å²) in [7, 11) is 1.61. The highest BCUT2D eigenvalue weighted by atomic mass is 16.5. The maximum atomic E-state index is 12.3. The zero-order chi connectivity index (χ0) is 26.1. The highest BCUT2D eigenvalue weighted by molar-refractivity contribution is 5.76. The highest BCUT2D eigenvalue weighted by Crippen LogP contribution is 2.29. The largest absolute Gasteiger partial charge is 0.493 e. The van der Waals surface area contributed by atoms with Crippen LogP contribution in [0.4, 0.5) is 0 Å². The third-order valence-electron chi connectivity index (χ3n) is 6.14. The predicted molar refractivity (Wildman–Crippen MR) is 142 cm³/mol. The zero-order valence-electron chi connectivity index (χ0n) is 22.3. The fourth-order valence-electron chi connectivity index (χ4n) is 3.80. The smallest absolute Gasteiger partial charge is 0.220 e. The molecule has 0 aliphatic rings. The molecule has 0 bridgehead atoms. The highest BCUT2D eigenvalue weighted by Gasteiger charge is 2.11. The van der Waals surface area contributed by atoms with E-state index in [2.05, 4.69) is 68.5 Å². The number of aryl methyl sites for hydroxylation is 2. The van der Waals surface area contributed by atoms with E-state index in [0.29, 0.717) is 36.1 Å². The summed E-state index contributed by atoms with van der Waals surface area (Å²) in [5.74, 6) is 1.63. The molecule has 3 aromatic rings. The third kappa shape index (κ3) is 7.97. The number of carbonyl (C=O) groups is 1. The fraction of sp³-hybridized carbons (Fsp3) is 0.414. The summed E-state index contributed by atoms with van der Waals surface area (Å²) in [6.45, 7) is 11.2. The Kier molecular flexibility index (Phi) is 9.68. The molecular weight excluding hydrogens is 452 g/mol. The number of rotatable bonds is 12. The first kappa shape index (κ1) is 27.0. The molecule has 1 aromatic heterocycles. The van der Waals surface area contributed by atoms with Crippen LogP contribution in [0.15, 0.2) is 54.2 Å². The van der Waals surface area contributed by atoms with Gasteiger partial charge in [0.25, 0.3) is 0 Å². The van der Waals surface area contributed by atoms with Gasteiger partial charge < -0.3 is 14.8 Å². The number of ether oxygens (including phenoxy) is 2. The Morgan fingerprint density at radius 3 is 2.64 bits per heavy atom. The molecule has 0 unspecified atom stereocenters. The summed E-state index contributed by atoms with van der Waals surface area (Å²) in [4.78, 5) is 12.3. The monoisotopic (exact) mass is 490 g/mol. The lowest BCUT2D eigenvalue weighted by atomic mass is 10.0. The first-order valence-electron chi connectivity index (χ1n) is 12.4. The lowest BCUT2D eigenvalue weighted by Gasteiger charge is -2.13. The van der Waals surface area contributed by atoms with Gasteiger partial charge in [0.2, 0.25) is 5.91 Å². The van der Waals surface area contributed by atoms with Gasteiger partial charge in [0.15, 0.2) is 11.5 Å². The SMILES string of the molecule is COc1cc(CNC(=O)C[C@H](C)CCC=C(C)C)ccc1OCc1cn(-c2ccc(C)c(C)c2)nn1. The number of allylic oxidation sites excluding steroid dienone is 2. The molecular formula is C29H38N4O3. The number of carbonyl (C=O) groups excluding carboxylic acids is 1.